The molecule has 0 unspecified atom stereocenters. The largest absolute Gasteiger partial charge is 0.459 e. The van der Waals surface area contributed by atoms with E-state index in [1.54, 1.807) is 5.38 Å². The Morgan fingerprint density at radius 1 is 1.39 bits per heavy atom. The van der Waals surface area contributed by atoms with E-state index in [0.717, 1.165) is 25.0 Å². The van der Waals surface area contributed by atoms with Crippen LogP contribution < -0.4 is 11.1 Å². The first-order valence-electron chi connectivity index (χ1n) is 7.65. The van der Waals surface area contributed by atoms with E-state index in [-0.39, 0.29) is 23.8 Å². The van der Waals surface area contributed by atoms with Gasteiger partial charge in [0.2, 0.25) is 5.91 Å². The van der Waals surface area contributed by atoms with Crippen molar-refractivity contribution in [1.82, 2.24) is 10.3 Å². The minimum absolute atomic E-state index is 0.0234. The monoisotopic (exact) mass is 333 g/mol. The zero-order valence-corrected chi connectivity index (χ0v) is 13.7. The fourth-order valence-corrected chi connectivity index (χ4v) is 3.64. The van der Waals surface area contributed by atoms with Gasteiger partial charge in [0.25, 0.3) is 5.91 Å². The number of hydrogen-bond acceptors (Lipinski definition) is 5. The number of rotatable bonds is 4. The fourth-order valence-electron chi connectivity index (χ4n) is 2.88. The van der Waals surface area contributed by atoms with Crippen LogP contribution in [0.3, 0.4) is 0 Å². The van der Waals surface area contributed by atoms with Gasteiger partial charge in [-0.15, -0.1) is 11.3 Å². The van der Waals surface area contributed by atoms with Gasteiger partial charge in [-0.05, 0) is 38.3 Å². The Labute approximate surface area is 138 Å². The van der Waals surface area contributed by atoms with E-state index in [0.29, 0.717) is 22.9 Å². The van der Waals surface area contributed by atoms with Gasteiger partial charge in [0.1, 0.15) is 11.5 Å². The maximum absolute atomic E-state index is 12.3. The normalized spacial score (nSPS) is 21.1. The van der Waals surface area contributed by atoms with Gasteiger partial charge in [-0.3, -0.25) is 9.59 Å². The molecule has 7 heteroatoms. The summed E-state index contributed by atoms with van der Waals surface area (Å²) in [7, 11) is 0. The standard InChI is InChI=1S/C16H19N3O3S/c1-9-5-6-13(22-9)16-19-12(8-23-16)15(21)18-11-4-2-3-10(7-11)14(17)20/h5-6,8,10-11H,2-4,7H2,1H3,(H2,17,20)(H,18,21)/t10-,11+/m0/s1. The number of aryl methyl sites for hydroxylation is 1. The zero-order valence-electron chi connectivity index (χ0n) is 12.9. The van der Waals surface area contributed by atoms with Crippen LogP contribution in [0.25, 0.3) is 10.8 Å². The molecule has 0 spiro atoms. The van der Waals surface area contributed by atoms with E-state index < -0.39 is 0 Å². The second-order valence-corrected chi connectivity index (χ2v) is 6.74. The number of nitrogens with one attached hydrogen (secondary N) is 1. The first-order chi connectivity index (χ1) is 11.0. The van der Waals surface area contributed by atoms with Crippen molar-refractivity contribution in [3.05, 3.63) is 29.0 Å². The predicted molar refractivity (Wildman–Crippen MR) is 87.0 cm³/mol. The summed E-state index contributed by atoms with van der Waals surface area (Å²) >= 11 is 1.37. The van der Waals surface area contributed by atoms with Crippen LogP contribution in [-0.2, 0) is 4.79 Å². The highest BCUT2D eigenvalue weighted by Gasteiger charge is 2.27. The molecule has 1 saturated carbocycles. The molecule has 3 rings (SSSR count). The van der Waals surface area contributed by atoms with Crippen molar-refractivity contribution in [2.24, 2.45) is 11.7 Å². The smallest absolute Gasteiger partial charge is 0.270 e. The minimum Gasteiger partial charge on any atom is -0.459 e. The third-order valence-corrected chi connectivity index (χ3v) is 4.96. The van der Waals surface area contributed by atoms with Crippen LogP contribution in [0.4, 0.5) is 0 Å². The number of carbonyl (C=O) groups excluding carboxylic acids is 2. The first-order valence-corrected chi connectivity index (χ1v) is 8.53. The van der Waals surface area contributed by atoms with Crippen molar-refractivity contribution in [3.8, 4) is 10.8 Å². The van der Waals surface area contributed by atoms with Crippen LogP contribution in [0.1, 0.15) is 41.9 Å². The molecule has 2 aromatic heterocycles. The summed E-state index contributed by atoms with van der Waals surface area (Å²) in [4.78, 5) is 28.0. The quantitative estimate of drug-likeness (QED) is 0.898. The second-order valence-electron chi connectivity index (χ2n) is 5.88. The molecule has 0 aromatic carbocycles. The van der Waals surface area contributed by atoms with Crippen LogP contribution in [0.2, 0.25) is 0 Å². The van der Waals surface area contributed by atoms with Crippen LogP contribution in [-0.4, -0.2) is 22.8 Å². The molecular formula is C16H19N3O3S. The molecule has 2 amide bonds. The molecule has 0 radical (unpaired) electrons. The number of thiazole rings is 1. The molecule has 2 atom stereocenters. The number of aromatic nitrogens is 1. The summed E-state index contributed by atoms with van der Waals surface area (Å²) in [5.41, 5.74) is 5.74. The molecule has 0 saturated heterocycles. The topological polar surface area (TPSA) is 98.2 Å². The van der Waals surface area contributed by atoms with Crippen molar-refractivity contribution in [3.63, 3.8) is 0 Å². The van der Waals surface area contributed by atoms with Gasteiger partial charge >= 0.3 is 0 Å². The molecule has 1 aliphatic rings. The van der Waals surface area contributed by atoms with Gasteiger partial charge in [0, 0.05) is 17.3 Å². The van der Waals surface area contributed by atoms with Crippen LogP contribution >= 0.6 is 11.3 Å². The molecule has 2 heterocycles. The number of hydrogen-bond donors (Lipinski definition) is 2. The van der Waals surface area contributed by atoms with Gasteiger partial charge < -0.3 is 15.5 Å². The van der Waals surface area contributed by atoms with E-state index >= 15 is 0 Å². The van der Waals surface area contributed by atoms with Gasteiger partial charge in [-0.1, -0.05) is 6.42 Å². The van der Waals surface area contributed by atoms with E-state index in [9.17, 15) is 9.59 Å². The molecule has 1 aliphatic carbocycles. The summed E-state index contributed by atoms with van der Waals surface area (Å²) in [6, 6.07) is 3.68. The number of nitrogens with two attached hydrogens (primary N) is 1. The average molecular weight is 333 g/mol. The Kier molecular flexibility index (Phi) is 4.47. The lowest BCUT2D eigenvalue weighted by atomic mass is 9.85. The number of furan rings is 1. The minimum atomic E-state index is -0.284. The summed E-state index contributed by atoms with van der Waals surface area (Å²) in [5, 5.41) is 5.36. The van der Waals surface area contributed by atoms with Gasteiger partial charge in [-0.2, -0.15) is 0 Å². The molecule has 0 bridgehead atoms. The predicted octanol–water partition coefficient (Wildman–Crippen LogP) is 2.49. The third kappa shape index (κ3) is 3.61. The molecule has 0 aliphatic heterocycles. The molecular weight excluding hydrogens is 314 g/mol. The first kappa shape index (κ1) is 15.7. The zero-order chi connectivity index (χ0) is 16.4. The lowest BCUT2D eigenvalue weighted by Gasteiger charge is -2.27. The molecule has 3 N–H and O–H groups in total. The lowest BCUT2D eigenvalue weighted by molar-refractivity contribution is -0.122. The highest BCUT2D eigenvalue weighted by Crippen LogP contribution is 2.27. The van der Waals surface area contributed by atoms with Crippen LogP contribution in [0, 0.1) is 12.8 Å². The molecule has 23 heavy (non-hydrogen) atoms. The SMILES string of the molecule is Cc1ccc(-c2nc(C(=O)N[C@@H]3CCC[C@H](C(N)=O)C3)cs2)o1. The Bertz CT molecular complexity index is 722. The maximum atomic E-state index is 12.3. The van der Waals surface area contributed by atoms with Crippen molar-refractivity contribution < 1.29 is 14.0 Å². The Morgan fingerprint density at radius 3 is 2.91 bits per heavy atom. The van der Waals surface area contributed by atoms with E-state index in [2.05, 4.69) is 10.3 Å². The van der Waals surface area contributed by atoms with Gasteiger partial charge in [-0.25, -0.2) is 4.98 Å². The highest BCUT2D eigenvalue weighted by atomic mass is 32.1. The highest BCUT2D eigenvalue weighted by molar-refractivity contribution is 7.13. The van der Waals surface area contributed by atoms with E-state index in [1.165, 1.54) is 11.3 Å². The van der Waals surface area contributed by atoms with Crippen molar-refractivity contribution in [2.45, 2.75) is 38.6 Å². The van der Waals surface area contributed by atoms with Crippen LogP contribution in [0.5, 0.6) is 0 Å². The maximum Gasteiger partial charge on any atom is 0.270 e. The molecule has 1 fully saturated rings. The van der Waals surface area contributed by atoms with Crippen molar-refractivity contribution in [2.75, 3.05) is 0 Å². The summed E-state index contributed by atoms with van der Waals surface area (Å²) < 4.78 is 5.52. The molecule has 2 aromatic rings. The number of primary amides is 1. The van der Waals surface area contributed by atoms with Crippen molar-refractivity contribution >= 4 is 23.2 Å². The summed E-state index contributed by atoms with van der Waals surface area (Å²) in [6.07, 6.45) is 3.17. The summed E-state index contributed by atoms with van der Waals surface area (Å²) in [6.45, 7) is 1.86. The Hall–Kier alpha value is -2.15. The van der Waals surface area contributed by atoms with Gasteiger partial charge in [0.15, 0.2) is 10.8 Å². The van der Waals surface area contributed by atoms with Gasteiger partial charge in [0.05, 0.1) is 0 Å². The lowest BCUT2D eigenvalue weighted by Crippen LogP contribution is -2.41. The molecule has 6 nitrogen and oxygen atoms in total. The van der Waals surface area contributed by atoms with E-state index in [4.69, 9.17) is 10.2 Å². The fraction of sp³-hybridized carbons (Fsp3) is 0.438. The Morgan fingerprint density at radius 2 is 2.22 bits per heavy atom. The van der Waals surface area contributed by atoms with E-state index in [1.807, 2.05) is 19.1 Å². The van der Waals surface area contributed by atoms with Crippen molar-refractivity contribution in [1.29, 1.82) is 0 Å². The number of carbonyl (C=O) groups is 2. The second kappa shape index (κ2) is 6.54. The summed E-state index contributed by atoms with van der Waals surface area (Å²) in [5.74, 6) is 0.823. The van der Waals surface area contributed by atoms with Crippen LogP contribution in [0.15, 0.2) is 21.9 Å². The average Bonchev–Trinajstić information content (AvgIpc) is 3.16. The third-order valence-electron chi connectivity index (χ3n) is 4.10. The Balaban J connectivity index is 1.64. The number of nitrogens with zero attached hydrogens (tertiary/aromatic N) is 1. The molecule has 122 valence electrons. The number of amides is 2.